The first kappa shape index (κ1) is 13.7. The minimum Gasteiger partial charge on any atom is -0.313 e. The molecule has 1 aromatic carbocycles. The molecule has 1 N–H and O–H groups in total. The summed E-state index contributed by atoms with van der Waals surface area (Å²) in [7, 11) is 2.00. The van der Waals surface area contributed by atoms with Crippen molar-refractivity contribution in [1.29, 1.82) is 0 Å². The molecule has 0 radical (unpaired) electrons. The van der Waals surface area contributed by atoms with Crippen LogP contribution < -0.4 is 5.32 Å². The van der Waals surface area contributed by atoms with Crippen LogP contribution in [0.4, 0.5) is 0 Å². The van der Waals surface area contributed by atoms with E-state index in [0.717, 1.165) is 17.1 Å². The lowest BCUT2D eigenvalue weighted by Gasteiger charge is -2.18. The summed E-state index contributed by atoms with van der Waals surface area (Å²) in [6, 6.07) is 6.68. The van der Waals surface area contributed by atoms with Gasteiger partial charge in [-0.15, -0.1) is 11.3 Å². The Morgan fingerprint density at radius 2 is 2.17 bits per heavy atom. The first-order valence-electron chi connectivity index (χ1n) is 5.95. The molecule has 0 saturated carbocycles. The van der Waals surface area contributed by atoms with E-state index >= 15 is 0 Å². The Bertz CT molecular complexity index is 536. The number of rotatable bonds is 4. The highest BCUT2D eigenvalue weighted by molar-refractivity contribution is 9.10. The van der Waals surface area contributed by atoms with Gasteiger partial charge in [0.2, 0.25) is 0 Å². The molecule has 0 fully saturated rings. The molecule has 0 bridgehead atoms. The largest absolute Gasteiger partial charge is 0.313 e. The maximum atomic E-state index is 4.54. The molecule has 0 aliphatic carbocycles. The zero-order valence-corrected chi connectivity index (χ0v) is 13.2. The summed E-state index contributed by atoms with van der Waals surface area (Å²) in [5.74, 6) is 0. The summed E-state index contributed by atoms with van der Waals surface area (Å²) < 4.78 is 1.19. The number of benzene rings is 1. The van der Waals surface area contributed by atoms with Gasteiger partial charge < -0.3 is 5.32 Å². The zero-order valence-electron chi connectivity index (χ0n) is 10.8. The second kappa shape index (κ2) is 5.95. The highest BCUT2D eigenvalue weighted by Crippen LogP contribution is 2.28. The maximum absolute atomic E-state index is 4.54. The van der Waals surface area contributed by atoms with Crippen LogP contribution in [0.3, 0.4) is 0 Å². The van der Waals surface area contributed by atoms with E-state index in [1.807, 2.05) is 14.0 Å². The van der Waals surface area contributed by atoms with E-state index in [4.69, 9.17) is 0 Å². The Morgan fingerprint density at radius 3 is 2.78 bits per heavy atom. The molecule has 0 amide bonds. The molecule has 0 aliphatic heterocycles. The Labute approximate surface area is 121 Å². The minimum atomic E-state index is 0.292. The average molecular weight is 325 g/mol. The third-order valence-electron chi connectivity index (χ3n) is 3.03. The standard InChI is InChI=1S/C14H17BrN2S/c1-9-5-4-6-12(14(9)15)13(16-3)7-11-8-18-10(2)17-11/h4-6,8,13,16H,7H2,1-3H3. The quantitative estimate of drug-likeness (QED) is 0.918. The lowest BCUT2D eigenvalue weighted by molar-refractivity contribution is 0.583. The lowest BCUT2D eigenvalue weighted by atomic mass is 10.0. The third-order valence-corrected chi connectivity index (χ3v) is 4.93. The van der Waals surface area contributed by atoms with Gasteiger partial charge in [-0.1, -0.05) is 34.1 Å². The van der Waals surface area contributed by atoms with Gasteiger partial charge in [0.25, 0.3) is 0 Å². The van der Waals surface area contributed by atoms with Crippen molar-refractivity contribution in [1.82, 2.24) is 10.3 Å². The van der Waals surface area contributed by atoms with Crippen molar-refractivity contribution >= 4 is 27.3 Å². The van der Waals surface area contributed by atoms with Gasteiger partial charge in [0, 0.05) is 22.3 Å². The van der Waals surface area contributed by atoms with E-state index < -0.39 is 0 Å². The van der Waals surface area contributed by atoms with Gasteiger partial charge >= 0.3 is 0 Å². The van der Waals surface area contributed by atoms with E-state index in [0.29, 0.717) is 6.04 Å². The van der Waals surface area contributed by atoms with E-state index in [9.17, 15) is 0 Å². The Kier molecular flexibility index (Phi) is 4.54. The third kappa shape index (κ3) is 2.99. The highest BCUT2D eigenvalue weighted by atomic mass is 79.9. The molecule has 1 heterocycles. The normalized spacial score (nSPS) is 12.7. The van der Waals surface area contributed by atoms with Crippen molar-refractivity contribution < 1.29 is 0 Å². The van der Waals surface area contributed by atoms with E-state index in [1.165, 1.54) is 15.6 Å². The molecule has 96 valence electrons. The monoisotopic (exact) mass is 324 g/mol. The van der Waals surface area contributed by atoms with Gasteiger partial charge in [0.1, 0.15) is 0 Å². The van der Waals surface area contributed by atoms with Crippen LogP contribution in [-0.2, 0) is 6.42 Å². The van der Waals surface area contributed by atoms with Crippen molar-refractivity contribution in [3.05, 3.63) is 49.9 Å². The Balaban J connectivity index is 2.25. The Hall–Kier alpha value is -0.710. The number of halogens is 1. The lowest BCUT2D eigenvalue weighted by Crippen LogP contribution is -2.19. The fourth-order valence-corrected chi connectivity index (χ4v) is 3.18. The second-order valence-electron chi connectivity index (χ2n) is 4.38. The number of aryl methyl sites for hydroxylation is 2. The maximum Gasteiger partial charge on any atom is 0.0897 e. The van der Waals surface area contributed by atoms with Crippen LogP contribution in [0, 0.1) is 13.8 Å². The molecule has 1 unspecified atom stereocenters. The molecule has 0 saturated heterocycles. The number of nitrogens with zero attached hydrogens (tertiary/aromatic N) is 1. The molecule has 1 aromatic heterocycles. The van der Waals surface area contributed by atoms with Gasteiger partial charge in [-0.05, 0) is 32.0 Å². The van der Waals surface area contributed by atoms with E-state index in [2.05, 4.69) is 56.7 Å². The predicted octanol–water partition coefficient (Wildman–Crippen LogP) is 4.03. The summed E-state index contributed by atoms with van der Waals surface area (Å²) in [5.41, 5.74) is 3.72. The summed E-state index contributed by atoms with van der Waals surface area (Å²) >= 11 is 5.39. The van der Waals surface area contributed by atoms with Crippen molar-refractivity contribution in [2.24, 2.45) is 0 Å². The van der Waals surface area contributed by atoms with Crippen LogP contribution in [0.1, 0.15) is 27.9 Å². The highest BCUT2D eigenvalue weighted by Gasteiger charge is 2.15. The molecular weight excluding hydrogens is 308 g/mol. The summed E-state index contributed by atoms with van der Waals surface area (Å²) in [4.78, 5) is 4.54. The zero-order chi connectivity index (χ0) is 13.1. The number of aromatic nitrogens is 1. The van der Waals surface area contributed by atoms with Crippen LogP contribution in [0.2, 0.25) is 0 Å². The fraction of sp³-hybridized carbons (Fsp3) is 0.357. The number of likely N-dealkylation sites (N-methyl/N-ethyl adjacent to an activating group) is 1. The van der Waals surface area contributed by atoms with Crippen LogP contribution in [0.5, 0.6) is 0 Å². The van der Waals surface area contributed by atoms with Gasteiger partial charge in [0.05, 0.1) is 10.7 Å². The minimum absolute atomic E-state index is 0.292. The van der Waals surface area contributed by atoms with Crippen LogP contribution >= 0.6 is 27.3 Å². The number of hydrogen-bond donors (Lipinski definition) is 1. The number of nitrogens with one attached hydrogen (secondary N) is 1. The predicted molar refractivity (Wildman–Crippen MR) is 81.2 cm³/mol. The Morgan fingerprint density at radius 1 is 1.39 bits per heavy atom. The van der Waals surface area contributed by atoms with Gasteiger partial charge in [0.15, 0.2) is 0 Å². The fourth-order valence-electron chi connectivity index (χ4n) is 2.02. The molecule has 0 spiro atoms. The van der Waals surface area contributed by atoms with Crippen molar-refractivity contribution in [3.8, 4) is 0 Å². The number of thiazole rings is 1. The first-order chi connectivity index (χ1) is 8.61. The summed E-state index contributed by atoms with van der Waals surface area (Å²) in [5, 5.41) is 6.65. The SMILES string of the molecule is CNC(Cc1csc(C)n1)c1cccc(C)c1Br. The summed E-state index contributed by atoms with van der Waals surface area (Å²) in [6.07, 6.45) is 0.920. The molecule has 2 rings (SSSR count). The smallest absolute Gasteiger partial charge is 0.0897 e. The van der Waals surface area contributed by atoms with Gasteiger partial charge in [-0.2, -0.15) is 0 Å². The van der Waals surface area contributed by atoms with Crippen molar-refractivity contribution in [3.63, 3.8) is 0 Å². The summed E-state index contributed by atoms with van der Waals surface area (Å²) in [6.45, 7) is 4.17. The van der Waals surface area contributed by atoms with Crippen LogP contribution in [-0.4, -0.2) is 12.0 Å². The molecule has 18 heavy (non-hydrogen) atoms. The second-order valence-corrected chi connectivity index (χ2v) is 6.24. The van der Waals surface area contributed by atoms with Crippen LogP contribution in [0.15, 0.2) is 28.1 Å². The van der Waals surface area contributed by atoms with Gasteiger partial charge in [-0.25, -0.2) is 4.98 Å². The van der Waals surface area contributed by atoms with Gasteiger partial charge in [-0.3, -0.25) is 0 Å². The van der Waals surface area contributed by atoms with Crippen LogP contribution in [0.25, 0.3) is 0 Å². The topological polar surface area (TPSA) is 24.9 Å². The molecule has 0 aliphatic rings. The molecular formula is C14H17BrN2S. The molecule has 2 aromatic rings. The number of hydrogen-bond acceptors (Lipinski definition) is 3. The van der Waals surface area contributed by atoms with Crippen molar-refractivity contribution in [2.75, 3.05) is 7.05 Å². The molecule has 1 atom stereocenters. The average Bonchev–Trinajstić information content (AvgIpc) is 2.76. The molecule has 2 nitrogen and oxygen atoms in total. The van der Waals surface area contributed by atoms with E-state index in [-0.39, 0.29) is 0 Å². The van der Waals surface area contributed by atoms with E-state index in [1.54, 1.807) is 11.3 Å². The first-order valence-corrected chi connectivity index (χ1v) is 7.62. The molecule has 4 heteroatoms. The van der Waals surface area contributed by atoms with Crippen molar-refractivity contribution in [2.45, 2.75) is 26.3 Å².